The molecule has 0 aromatic rings. The second kappa shape index (κ2) is 12.6. The van der Waals surface area contributed by atoms with E-state index in [1.165, 1.54) is 0 Å². The van der Waals surface area contributed by atoms with E-state index in [1.807, 2.05) is 6.92 Å². The lowest BCUT2D eigenvalue weighted by Gasteiger charge is -2.32. The standard InChI is InChI=1S/C22H33NO11/c1-2-3-4-5-18(34-22(30)17-11-13(24)7-9-15(17)20(27)28)33-21(29)16-10-12(23(31)32)6-8-14(16)19(25)26/h12-18,24H,2-11H2,1H3,(H,25,26)(H,27,28). The Labute approximate surface area is 196 Å². The number of nitro groups is 1. The molecular weight excluding hydrogens is 454 g/mol. The number of unbranched alkanes of at least 4 members (excludes halogenated alkanes) is 2. The normalized spacial score (nSPS) is 30.1. The molecule has 0 radical (unpaired) electrons. The van der Waals surface area contributed by atoms with Crippen LogP contribution in [-0.2, 0) is 28.7 Å². The van der Waals surface area contributed by atoms with Gasteiger partial charge in [-0.15, -0.1) is 0 Å². The Morgan fingerprint density at radius 1 is 0.882 bits per heavy atom. The molecule has 0 heterocycles. The molecule has 2 rings (SSSR count). The SMILES string of the molecule is CCCCCC(OC(=O)C1CC(O)CCC1C(=O)O)OC(=O)C1CC([N+](=O)[O-])CCC1C(=O)O. The fourth-order valence-corrected chi connectivity index (χ4v) is 4.74. The van der Waals surface area contributed by atoms with Gasteiger partial charge in [-0.1, -0.05) is 19.8 Å². The number of nitrogens with zero attached hydrogens (tertiary/aromatic N) is 1. The Morgan fingerprint density at radius 3 is 1.91 bits per heavy atom. The summed E-state index contributed by atoms with van der Waals surface area (Å²) in [7, 11) is 0. The summed E-state index contributed by atoms with van der Waals surface area (Å²) in [5.74, 6) is -8.94. The number of hydrogen-bond donors (Lipinski definition) is 3. The number of aliphatic hydroxyl groups excluding tert-OH is 1. The molecule has 0 saturated heterocycles. The Kier molecular flexibility index (Phi) is 10.2. The van der Waals surface area contributed by atoms with Crippen molar-refractivity contribution in [1.29, 1.82) is 0 Å². The average Bonchev–Trinajstić information content (AvgIpc) is 2.78. The summed E-state index contributed by atoms with van der Waals surface area (Å²) in [6.45, 7) is 1.94. The largest absolute Gasteiger partial charge is 0.481 e. The maximum Gasteiger partial charge on any atom is 0.313 e. The van der Waals surface area contributed by atoms with Crippen LogP contribution < -0.4 is 0 Å². The molecule has 2 aliphatic rings. The molecule has 0 aromatic heterocycles. The first-order valence-electron chi connectivity index (χ1n) is 11.7. The van der Waals surface area contributed by atoms with Crippen LogP contribution in [0.2, 0.25) is 0 Å². The van der Waals surface area contributed by atoms with Crippen molar-refractivity contribution in [2.24, 2.45) is 23.7 Å². The first kappa shape index (κ1) is 27.5. The van der Waals surface area contributed by atoms with Crippen molar-refractivity contribution in [2.45, 2.75) is 89.6 Å². The Bertz CT molecular complexity index is 770. The van der Waals surface area contributed by atoms with Gasteiger partial charge in [-0.2, -0.15) is 0 Å². The van der Waals surface area contributed by atoms with Crippen LogP contribution in [0.15, 0.2) is 0 Å². The van der Waals surface area contributed by atoms with Gasteiger partial charge in [0.15, 0.2) is 0 Å². The second-order valence-electron chi connectivity index (χ2n) is 9.12. The van der Waals surface area contributed by atoms with E-state index < -0.39 is 70.9 Å². The number of ether oxygens (including phenoxy) is 2. The van der Waals surface area contributed by atoms with Gasteiger partial charge in [0, 0.05) is 24.2 Å². The van der Waals surface area contributed by atoms with Crippen LogP contribution in [-0.4, -0.2) is 62.6 Å². The molecule has 12 heteroatoms. The predicted octanol–water partition coefficient (Wildman–Crippen LogP) is 1.99. The zero-order chi connectivity index (χ0) is 25.4. The molecule has 0 bridgehead atoms. The van der Waals surface area contributed by atoms with Gasteiger partial charge in [0.1, 0.15) is 0 Å². The monoisotopic (exact) mass is 487 g/mol. The maximum absolute atomic E-state index is 12.9. The lowest BCUT2D eigenvalue weighted by Crippen LogP contribution is -2.43. The van der Waals surface area contributed by atoms with E-state index in [0.717, 1.165) is 12.8 Å². The summed E-state index contributed by atoms with van der Waals surface area (Å²) in [6.07, 6.45) is -0.138. The third-order valence-corrected chi connectivity index (χ3v) is 6.72. The van der Waals surface area contributed by atoms with Crippen molar-refractivity contribution in [3.63, 3.8) is 0 Å². The van der Waals surface area contributed by atoms with Crippen LogP contribution in [0.25, 0.3) is 0 Å². The quantitative estimate of drug-likeness (QED) is 0.127. The topological polar surface area (TPSA) is 191 Å². The van der Waals surface area contributed by atoms with Crippen molar-refractivity contribution in [2.75, 3.05) is 0 Å². The highest BCUT2D eigenvalue weighted by Gasteiger charge is 2.46. The molecule has 3 N–H and O–H groups in total. The molecule has 2 fully saturated rings. The first-order chi connectivity index (χ1) is 16.0. The molecule has 34 heavy (non-hydrogen) atoms. The number of aliphatic carboxylic acids is 2. The number of hydrogen-bond acceptors (Lipinski definition) is 9. The van der Waals surface area contributed by atoms with Gasteiger partial charge in [-0.05, 0) is 32.1 Å². The van der Waals surface area contributed by atoms with Gasteiger partial charge in [-0.3, -0.25) is 29.3 Å². The highest BCUT2D eigenvalue weighted by atomic mass is 16.7. The second-order valence-corrected chi connectivity index (χ2v) is 9.12. The first-order valence-corrected chi connectivity index (χ1v) is 11.7. The zero-order valence-electron chi connectivity index (χ0n) is 19.2. The van der Waals surface area contributed by atoms with Gasteiger partial charge in [0.2, 0.25) is 12.3 Å². The molecule has 0 aliphatic heterocycles. The minimum atomic E-state index is -1.38. The lowest BCUT2D eigenvalue weighted by atomic mass is 9.77. The van der Waals surface area contributed by atoms with Crippen LogP contribution in [0.1, 0.15) is 71.1 Å². The fourth-order valence-electron chi connectivity index (χ4n) is 4.74. The van der Waals surface area contributed by atoms with Crippen molar-refractivity contribution in [3.05, 3.63) is 10.1 Å². The van der Waals surface area contributed by atoms with E-state index in [1.54, 1.807) is 0 Å². The molecule has 12 nitrogen and oxygen atoms in total. The number of rotatable bonds is 11. The molecule has 192 valence electrons. The number of carbonyl (C=O) groups is 4. The summed E-state index contributed by atoms with van der Waals surface area (Å²) < 4.78 is 10.7. The van der Waals surface area contributed by atoms with E-state index in [9.17, 15) is 44.6 Å². The van der Waals surface area contributed by atoms with Crippen molar-refractivity contribution in [3.8, 4) is 0 Å². The van der Waals surface area contributed by atoms with Gasteiger partial charge < -0.3 is 24.8 Å². The summed E-state index contributed by atoms with van der Waals surface area (Å²) in [6, 6.07) is -1.07. The lowest BCUT2D eigenvalue weighted by molar-refractivity contribution is -0.528. The number of carboxylic acid groups (broad SMARTS) is 2. The minimum Gasteiger partial charge on any atom is -0.481 e. The van der Waals surface area contributed by atoms with Gasteiger partial charge in [0.25, 0.3) is 0 Å². The smallest absolute Gasteiger partial charge is 0.313 e. The van der Waals surface area contributed by atoms with Crippen LogP contribution in [0.4, 0.5) is 0 Å². The number of esters is 2. The molecule has 0 amide bonds. The third kappa shape index (κ3) is 7.37. The summed E-state index contributed by atoms with van der Waals surface area (Å²) in [5, 5.41) is 40.0. The van der Waals surface area contributed by atoms with E-state index in [0.29, 0.717) is 6.42 Å². The molecule has 2 saturated carbocycles. The van der Waals surface area contributed by atoms with Crippen LogP contribution in [0.5, 0.6) is 0 Å². The Hall–Kier alpha value is -2.76. The molecular formula is C22H33NO11. The van der Waals surface area contributed by atoms with Crippen LogP contribution >= 0.6 is 0 Å². The van der Waals surface area contributed by atoms with Gasteiger partial charge in [0.05, 0.1) is 29.8 Å². The van der Waals surface area contributed by atoms with Crippen LogP contribution in [0.3, 0.4) is 0 Å². The summed E-state index contributed by atoms with van der Waals surface area (Å²) >= 11 is 0. The number of carboxylic acids is 2. The number of carbonyl (C=O) groups excluding carboxylic acids is 2. The van der Waals surface area contributed by atoms with Gasteiger partial charge >= 0.3 is 23.9 Å². The van der Waals surface area contributed by atoms with Crippen molar-refractivity contribution >= 4 is 23.9 Å². The van der Waals surface area contributed by atoms with E-state index in [-0.39, 0.29) is 44.9 Å². The van der Waals surface area contributed by atoms with Crippen molar-refractivity contribution in [1.82, 2.24) is 0 Å². The van der Waals surface area contributed by atoms with Crippen molar-refractivity contribution < 1.29 is 48.9 Å². The molecule has 0 spiro atoms. The van der Waals surface area contributed by atoms with Gasteiger partial charge in [-0.25, -0.2) is 0 Å². The Balaban J connectivity index is 2.15. The number of aliphatic hydroxyl groups is 1. The molecule has 7 unspecified atom stereocenters. The summed E-state index contributed by atoms with van der Waals surface area (Å²) in [4.78, 5) is 59.5. The zero-order valence-corrected chi connectivity index (χ0v) is 19.2. The van der Waals surface area contributed by atoms with Crippen LogP contribution in [0, 0.1) is 33.8 Å². The van der Waals surface area contributed by atoms with E-state index >= 15 is 0 Å². The average molecular weight is 488 g/mol. The van der Waals surface area contributed by atoms with E-state index in [2.05, 4.69) is 0 Å². The third-order valence-electron chi connectivity index (χ3n) is 6.72. The minimum absolute atomic E-state index is 0.0310. The molecule has 2 aliphatic carbocycles. The molecule has 0 aromatic carbocycles. The summed E-state index contributed by atoms with van der Waals surface area (Å²) in [5.41, 5.74) is 0. The maximum atomic E-state index is 12.9. The fraction of sp³-hybridized carbons (Fsp3) is 0.818. The van der Waals surface area contributed by atoms with E-state index in [4.69, 9.17) is 9.47 Å². The Morgan fingerprint density at radius 2 is 1.41 bits per heavy atom. The predicted molar refractivity (Wildman–Crippen MR) is 114 cm³/mol. The highest BCUT2D eigenvalue weighted by molar-refractivity contribution is 5.83. The highest BCUT2D eigenvalue weighted by Crippen LogP contribution is 2.35. The molecule has 7 atom stereocenters.